The second-order valence-electron chi connectivity index (χ2n) is 7.28. The molecule has 0 spiro atoms. The molecule has 1 aromatic heterocycles. The molecule has 10 heteroatoms. The number of carbonyl (C=O) groups excluding carboxylic acids is 3. The zero-order chi connectivity index (χ0) is 24.5. The molecule has 0 aliphatic rings. The van der Waals surface area contributed by atoms with Gasteiger partial charge >= 0.3 is 11.8 Å². The zero-order valence-electron chi connectivity index (χ0n) is 18.6. The average molecular weight is 527 g/mol. The molecule has 3 rings (SSSR count). The highest BCUT2D eigenvalue weighted by molar-refractivity contribution is 9.10. The molecule has 0 aliphatic carbocycles. The van der Waals surface area contributed by atoms with Gasteiger partial charge in [0.15, 0.2) is 6.61 Å². The molecule has 34 heavy (non-hydrogen) atoms. The third-order valence-corrected chi connectivity index (χ3v) is 5.20. The first-order valence-corrected chi connectivity index (χ1v) is 11.0. The summed E-state index contributed by atoms with van der Waals surface area (Å²) in [5.41, 5.74) is 5.26. The molecule has 3 N–H and O–H groups in total. The van der Waals surface area contributed by atoms with E-state index < -0.39 is 11.8 Å². The number of rotatable bonds is 8. The first-order valence-electron chi connectivity index (χ1n) is 10.2. The van der Waals surface area contributed by atoms with Gasteiger partial charge in [0.1, 0.15) is 11.5 Å². The van der Waals surface area contributed by atoms with Gasteiger partial charge in [0, 0.05) is 15.7 Å². The van der Waals surface area contributed by atoms with Crippen LogP contribution in [0.4, 0.5) is 5.69 Å². The van der Waals surface area contributed by atoms with Gasteiger partial charge < -0.3 is 19.8 Å². The van der Waals surface area contributed by atoms with Crippen molar-refractivity contribution >= 4 is 45.6 Å². The molecule has 0 bridgehead atoms. The van der Waals surface area contributed by atoms with Gasteiger partial charge in [-0.15, -0.1) is 0 Å². The van der Waals surface area contributed by atoms with Gasteiger partial charge in [0.05, 0.1) is 19.0 Å². The largest absolute Gasteiger partial charge is 0.483 e. The molecule has 0 saturated heterocycles. The number of nitrogens with zero attached hydrogens (tertiary/aromatic N) is 1. The number of ether oxygens (including phenoxy) is 1. The van der Waals surface area contributed by atoms with Gasteiger partial charge in [-0.3, -0.25) is 14.4 Å². The average Bonchev–Trinajstić information content (AvgIpc) is 3.33. The first kappa shape index (κ1) is 24.7. The Labute approximate surface area is 204 Å². The van der Waals surface area contributed by atoms with Crippen LogP contribution in [0.1, 0.15) is 22.5 Å². The van der Waals surface area contributed by atoms with E-state index in [-0.39, 0.29) is 19.1 Å². The molecule has 0 radical (unpaired) electrons. The molecule has 1 heterocycles. The van der Waals surface area contributed by atoms with Gasteiger partial charge in [0.25, 0.3) is 5.91 Å². The van der Waals surface area contributed by atoms with Crippen molar-refractivity contribution in [3.8, 4) is 5.75 Å². The van der Waals surface area contributed by atoms with E-state index in [4.69, 9.17) is 9.15 Å². The smallest absolute Gasteiger partial charge is 0.329 e. The van der Waals surface area contributed by atoms with E-state index in [1.807, 2.05) is 19.9 Å². The topological polar surface area (TPSA) is 122 Å². The lowest BCUT2D eigenvalue weighted by molar-refractivity contribution is -0.136. The minimum Gasteiger partial charge on any atom is -0.483 e. The van der Waals surface area contributed by atoms with E-state index in [1.165, 1.54) is 12.5 Å². The molecule has 0 aliphatic heterocycles. The molecule has 3 aromatic rings. The minimum atomic E-state index is -0.927. The van der Waals surface area contributed by atoms with Crippen LogP contribution in [-0.2, 0) is 20.9 Å². The second kappa shape index (κ2) is 11.8. The predicted octanol–water partition coefficient (Wildman–Crippen LogP) is 3.44. The number of aryl methyl sites for hydroxylation is 2. The van der Waals surface area contributed by atoms with Crippen LogP contribution in [0.5, 0.6) is 5.75 Å². The van der Waals surface area contributed by atoms with Crippen LogP contribution in [-0.4, -0.2) is 30.5 Å². The number of carbonyl (C=O) groups is 3. The van der Waals surface area contributed by atoms with E-state index in [0.29, 0.717) is 22.8 Å². The summed E-state index contributed by atoms with van der Waals surface area (Å²) in [5, 5.41) is 9.04. The Hall–Kier alpha value is -3.92. The van der Waals surface area contributed by atoms with Crippen LogP contribution in [0, 0.1) is 13.8 Å². The Morgan fingerprint density at radius 3 is 2.62 bits per heavy atom. The summed E-state index contributed by atoms with van der Waals surface area (Å²) >= 11 is 3.36. The number of benzene rings is 2. The number of halogens is 1. The minimum absolute atomic E-state index is 0.228. The molecule has 0 fully saturated rings. The summed E-state index contributed by atoms with van der Waals surface area (Å²) in [5.74, 6) is -1.11. The molecule has 0 unspecified atom stereocenters. The quantitative estimate of drug-likeness (QED) is 0.235. The molecule has 9 nitrogen and oxygen atoms in total. The highest BCUT2D eigenvalue weighted by atomic mass is 79.9. The van der Waals surface area contributed by atoms with Gasteiger partial charge in [-0.05, 0) is 67.4 Å². The zero-order valence-corrected chi connectivity index (χ0v) is 20.1. The van der Waals surface area contributed by atoms with Crippen molar-refractivity contribution in [2.75, 3.05) is 11.9 Å². The van der Waals surface area contributed by atoms with Gasteiger partial charge in [-0.25, -0.2) is 5.43 Å². The van der Waals surface area contributed by atoms with Crippen molar-refractivity contribution in [3.63, 3.8) is 0 Å². The Balaban J connectivity index is 1.54. The van der Waals surface area contributed by atoms with E-state index in [2.05, 4.69) is 37.1 Å². The molecule has 3 amide bonds. The molecule has 176 valence electrons. The number of hydrogen-bond donors (Lipinski definition) is 3. The van der Waals surface area contributed by atoms with Gasteiger partial charge in [-0.1, -0.05) is 22.0 Å². The number of furan rings is 1. The van der Waals surface area contributed by atoms with Crippen molar-refractivity contribution in [1.82, 2.24) is 10.7 Å². The SMILES string of the molecule is Cc1ccc(NC(=O)C(=O)N/N=C\c2cc(Br)ccc2OCC(=O)NCc2ccco2)cc1C. The number of hydrazone groups is 1. The summed E-state index contributed by atoms with van der Waals surface area (Å²) < 4.78 is 11.5. The number of anilines is 1. The van der Waals surface area contributed by atoms with Crippen LogP contribution >= 0.6 is 15.9 Å². The fraction of sp³-hybridized carbons (Fsp3) is 0.167. The summed E-state index contributed by atoms with van der Waals surface area (Å²) in [4.78, 5) is 36.2. The van der Waals surface area contributed by atoms with Gasteiger partial charge in [0.2, 0.25) is 0 Å². The van der Waals surface area contributed by atoms with Crippen molar-refractivity contribution in [2.45, 2.75) is 20.4 Å². The third kappa shape index (κ3) is 7.31. The second-order valence-corrected chi connectivity index (χ2v) is 8.19. The fourth-order valence-electron chi connectivity index (χ4n) is 2.76. The molecule has 0 saturated carbocycles. The highest BCUT2D eigenvalue weighted by Crippen LogP contribution is 2.22. The van der Waals surface area contributed by atoms with E-state index in [1.54, 1.807) is 42.5 Å². The fourth-order valence-corrected chi connectivity index (χ4v) is 3.14. The molecular formula is C24H23BrN4O5. The van der Waals surface area contributed by atoms with Crippen LogP contribution < -0.4 is 20.8 Å². The maximum atomic E-state index is 12.1. The van der Waals surface area contributed by atoms with Crippen molar-refractivity contribution in [1.29, 1.82) is 0 Å². The Morgan fingerprint density at radius 1 is 1.06 bits per heavy atom. The Morgan fingerprint density at radius 2 is 1.88 bits per heavy atom. The molecule has 0 atom stereocenters. The summed E-state index contributed by atoms with van der Waals surface area (Å²) in [6.45, 7) is 3.89. The van der Waals surface area contributed by atoms with Gasteiger partial charge in [-0.2, -0.15) is 5.10 Å². The van der Waals surface area contributed by atoms with Crippen molar-refractivity contribution in [2.24, 2.45) is 5.10 Å². The van der Waals surface area contributed by atoms with Crippen molar-refractivity contribution < 1.29 is 23.5 Å². The Kier molecular flexibility index (Phi) is 8.58. The number of nitrogens with one attached hydrogen (secondary N) is 3. The van der Waals surface area contributed by atoms with E-state index in [9.17, 15) is 14.4 Å². The maximum Gasteiger partial charge on any atom is 0.329 e. The molecule has 2 aromatic carbocycles. The summed E-state index contributed by atoms with van der Waals surface area (Å²) in [6, 6.07) is 13.9. The number of amides is 3. The van der Waals surface area contributed by atoms with Crippen molar-refractivity contribution in [3.05, 3.63) is 81.7 Å². The van der Waals surface area contributed by atoms with Crippen LogP contribution in [0.15, 0.2) is 68.8 Å². The summed E-state index contributed by atoms with van der Waals surface area (Å²) in [6.07, 6.45) is 2.85. The van der Waals surface area contributed by atoms with Crippen LogP contribution in [0.2, 0.25) is 0 Å². The molecular weight excluding hydrogens is 504 g/mol. The maximum absolute atomic E-state index is 12.1. The standard InChI is InChI=1S/C24H23BrN4O5/c1-15-5-7-19(10-16(15)2)28-23(31)24(32)29-27-12-17-11-18(25)6-8-21(17)34-14-22(30)26-13-20-4-3-9-33-20/h3-12H,13-14H2,1-2H3,(H,26,30)(H,28,31)(H,29,32)/b27-12-. The lowest BCUT2D eigenvalue weighted by Gasteiger charge is -2.10. The third-order valence-electron chi connectivity index (χ3n) is 4.71. The van der Waals surface area contributed by atoms with E-state index >= 15 is 0 Å². The lowest BCUT2D eigenvalue weighted by atomic mass is 10.1. The monoisotopic (exact) mass is 526 g/mol. The van der Waals surface area contributed by atoms with E-state index in [0.717, 1.165) is 15.6 Å². The van der Waals surface area contributed by atoms with Crippen LogP contribution in [0.3, 0.4) is 0 Å². The first-order chi connectivity index (χ1) is 16.3. The Bertz CT molecular complexity index is 1210. The lowest BCUT2D eigenvalue weighted by Crippen LogP contribution is -2.32. The summed E-state index contributed by atoms with van der Waals surface area (Å²) in [7, 11) is 0. The highest BCUT2D eigenvalue weighted by Gasteiger charge is 2.13. The predicted molar refractivity (Wildman–Crippen MR) is 130 cm³/mol. The van der Waals surface area contributed by atoms with Crippen LogP contribution in [0.25, 0.3) is 0 Å². The number of hydrogen-bond acceptors (Lipinski definition) is 6. The normalized spacial score (nSPS) is 10.7.